The molecule has 1 atom stereocenters. The van der Waals surface area contributed by atoms with E-state index in [0.29, 0.717) is 37.8 Å². The van der Waals surface area contributed by atoms with Crippen molar-refractivity contribution in [1.82, 2.24) is 15.5 Å². The number of aromatic amines is 1. The molecule has 24 heavy (non-hydrogen) atoms. The first-order chi connectivity index (χ1) is 11.7. The van der Waals surface area contributed by atoms with Crippen molar-refractivity contribution in [2.75, 3.05) is 26.4 Å². The van der Waals surface area contributed by atoms with Crippen molar-refractivity contribution in [3.8, 4) is 5.75 Å². The van der Waals surface area contributed by atoms with Gasteiger partial charge in [-0.1, -0.05) is 6.07 Å². The molecule has 8 heteroatoms. The van der Waals surface area contributed by atoms with E-state index in [0.717, 1.165) is 0 Å². The number of ether oxygens (including phenoxy) is 3. The molecule has 0 spiro atoms. The summed E-state index contributed by atoms with van der Waals surface area (Å²) in [4.78, 5) is 12.0. The van der Waals surface area contributed by atoms with Crippen LogP contribution in [0.15, 0.2) is 30.3 Å². The second-order valence-corrected chi connectivity index (χ2v) is 5.30. The van der Waals surface area contributed by atoms with Crippen LogP contribution >= 0.6 is 0 Å². The summed E-state index contributed by atoms with van der Waals surface area (Å²) in [5.74, 6) is -0.270. The molecule has 3 rings (SSSR count). The van der Waals surface area contributed by atoms with Gasteiger partial charge in [0.1, 0.15) is 23.9 Å². The quantitative estimate of drug-likeness (QED) is 0.830. The zero-order valence-corrected chi connectivity index (χ0v) is 13.0. The van der Waals surface area contributed by atoms with Crippen LogP contribution in [0.1, 0.15) is 16.2 Å². The van der Waals surface area contributed by atoms with Gasteiger partial charge in [-0.2, -0.15) is 5.10 Å². The lowest BCUT2D eigenvalue weighted by Crippen LogP contribution is -2.39. The predicted octanol–water partition coefficient (Wildman–Crippen LogP) is 1.27. The minimum absolute atomic E-state index is 0.141. The van der Waals surface area contributed by atoms with Gasteiger partial charge in [-0.25, -0.2) is 4.39 Å². The third-order valence-corrected chi connectivity index (χ3v) is 3.43. The van der Waals surface area contributed by atoms with Crippen LogP contribution in [0.2, 0.25) is 0 Å². The summed E-state index contributed by atoms with van der Waals surface area (Å²) in [5.41, 5.74) is 0.867. The highest BCUT2D eigenvalue weighted by atomic mass is 19.1. The molecule has 2 N–H and O–H groups in total. The number of halogens is 1. The van der Waals surface area contributed by atoms with E-state index in [2.05, 4.69) is 15.5 Å². The zero-order chi connectivity index (χ0) is 16.8. The Balaban J connectivity index is 1.48. The average molecular weight is 335 g/mol. The van der Waals surface area contributed by atoms with Gasteiger partial charge in [-0.3, -0.25) is 9.89 Å². The maximum absolute atomic E-state index is 13.1. The van der Waals surface area contributed by atoms with Crippen LogP contribution in [0.4, 0.5) is 4.39 Å². The smallest absolute Gasteiger partial charge is 0.271 e. The van der Waals surface area contributed by atoms with Crippen LogP contribution in [0.5, 0.6) is 5.75 Å². The lowest BCUT2D eigenvalue weighted by Gasteiger charge is -2.22. The molecule has 1 amide bonds. The van der Waals surface area contributed by atoms with Crippen molar-refractivity contribution in [2.24, 2.45) is 0 Å². The Hall–Kier alpha value is -2.45. The van der Waals surface area contributed by atoms with Crippen LogP contribution in [0.3, 0.4) is 0 Å². The fourth-order valence-corrected chi connectivity index (χ4v) is 2.22. The van der Waals surface area contributed by atoms with Gasteiger partial charge in [0.2, 0.25) is 0 Å². The molecule has 0 radical (unpaired) electrons. The van der Waals surface area contributed by atoms with E-state index in [4.69, 9.17) is 14.2 Å². The van der Waals surface area contributed by atoms with Crippen molar-refractivity contribution in [1.29, 1.82) is 0 Å². The predicted molar refractivity (Wildman–Crippen MR) is 82.2 cm³/mol. The maximum atomic E-state index is 13.1. The van der Waals surface area contributed by atoms with Gasteiger partial charge in [-0.15, -0.1) is 0 Å². The summed E-state index contributed by atoms with van der Waals surface area (Å²) in [6, 6.07) is 7.43. The Labute approximate surface area is 138 Å². The Kier molecular flexibility index (Phi) is 5.39. The van der Waals surface area contributed by atoms with E-state index in [1.54, 1.807) is 18.2 Å². The topological polar surface area (TPSA) is 85.5 Å². The number of hydrogen-bond donors (Lipinski definition) is 2. The van der Waals surface area contributed by atoms with Crippen molar-refractivity contribution >= 4 is 5.91 Å². The number of carbonyl (C=O) groups is 1. The first-order valence-corrected chi connectivity index (χ1v) is 7.61. The molecule has 1 fully saturated rings. The summed E-state index contributed by atoms with van der Waals surface area (Å²) in [6.07, 6.45) is -0.141. The lowest BCUT2D eigenvalue weighted by atomic mass is 10.3. The first-order valence-electron chi connectivity index (χ1n) is 7.61. The number of aromatic nitrogens is 2. The first kappa shape index (κ1) is 16.4. The minimum atomic E-state index is -0.369. The van der Waals surface area contributed by atoms with Crippen molar-refractivity contribution < 1.29 is 23.4 Å². The molecular weight excluding hydrogens is 317 g/mol. The van der Waals surface area contributed by atoms with Crippen LogP contribution in [-0.4, -0.2) is 48.6 Å². The Morgan fingerprint density at radius 3 is 3.12 bits per heavy atom. The lowest BCUT2D eigenvalue weighted by molar-refractivity contribution is -0.0855. The van der Waals surface area contributed by atoms with E-state index >= 15 is 0 Å². The van der Waals surface area contributed by atoms with Gasteiger partial charge >= 0.3 is 0 Å². The normalized spacial score (nSPS) is 17.5. The number of amides is 1. The molecule has 1 unspecified atom stereocenters. The van der Waals surface area contributed by atoms with Gasteiger partial charge in [0.25, 0.3) is 5.91 Å². The van der Waals surface area contributed by atoms with Gasteiger partial charge in [0.15, 0.2) is 0 Å². The highest BCUT2D eigenvalue weighted by Crippen LogP contribution is 2.13. The van der Waals surface area contributed by atoms with E-state index in [-0.39, 0.29) is 30.1 Å². The third kappa shape index (κ3) is 4.53. The summed E-state index contributed by atoms with van der Waals surface area (Å²) >= 11 is 0. The van der Waals surface area contributed by atoms with Crippen LogP contribution in [0, 0.1) is 5.82 Å². The van der Waals surface area contributed by atoms with Gasteiger partial charge in [0, 0.05) is 12.6 Å². The molecule has 1 aromatic heterocycles. The number of H-pyrrole nitrogens is 1. The summed E-state index contributed by atoms with van der Waals surface area (Å²) in [5, 5.41) is 9.42. The molecule has 0 aliphatic carbocycles. The highest BCUT2D eigenvalue weighted by molar-refractivity contribution is 5.92. The molecule has 1 aliphatic heterocycles. The number of hydrogen-bond acceptors (Lipinski definition) is 5. The standard InChI is InChI=1S/C16H18FN3O4/c17-11-2-1-3-13(6-11)24-9-12-7-15(20-19-12)16(21)18-8-14-10-22-4-5-23-14/h1-3,6-7,14H,4-5,8-10H2,(H,18,21)(H,19,20). The van der Waals surface area contributed by atoms with Gasteiger partial charge < -0.3 is 19.5 Å². The van der Waals surface area contributed by atoms with E-state index in [1.807, 2.05) is 0 Å². The zero-order valence-electron chi connectivity index (χ0n) is 13.0. The minimum Gasteiger partial charge on any atom is -0.487 e. The molecule has 0 bridgehead atoms. The van der Waals surface area contributed by atoms with Crippen LogP contribution in [0.25, 0.3) is 0 Å². The summed E-state index contributed by atoms with van der Waals surface area (Å²) < 4.78 is 29.2. The molecule has 2 aromatic rings. The SMILES string of the molecule is O=C(NCC1COCCO1)c1cc(COc2cccc(F)c2)[nH]n1. The monoisotopic (exact) mass is 335 g/mol. The maximum Gasteiger partial charge on any atom is 0.271 e. The molecule has 0 saturated carbocycles. The molecule has 1 aromatic carbocycles. The Bertz CT molecular complexity index is 685. The number of carbonyl (C=O) groups excluding carboxylic acids is 1. The Morgan fingerprint density at radius 1 is 1.42 bits per heavy atom. The number of benzene rings is 1. The van der Waals surface area contributed by atoms with Crippen LogP contribution in [-0.2, 0) is 16.1 Å². The van der Waals surface area contributed by atoms with Crippen molar-refractivity contribution in [3.05, 3.63) is 47.5 Å². The molecular formula is C16H18FN3O4. The fourth-order valence-electron chi connectivity index (χ4n) is 2.22. The summed E-state index contributed by atoms with van der Waals surface area (Å²) in [6.45, 7) is 2.10. The average Bonchev–Trinajstić information content (AvgIpc) is 3.08. The second-order valence-electron chi connectivity index (χ2n) is 5.30. The number of rotatable bonds is 6. The van der Waals surface area contributed by atoms with Crippen LogP contribution < -0.4 is 10.1 Å². The molecule has 128 valence electrons. The molecule has 1 saturated heterocycles. The highest BCUT2D eigenvalue weighted by Gasteiger charge is 2.17. The Morgan fingerprint density at radius 2 is 2.33 bits per heavy atom. The largest absolute Gasteiger partial charge is 0.487 e. The summed E-state index contributed by atoms with van der Waals surface area (Å²) in [7, 11) is 0. The second kappa shape index (κ2) is 7.89. The van der Waals surface area contributed by atoms with Crippen molar-refractivity contribution in [3.63, 3.8) is 0 Å². The number of nitrogens with one attached hydrogen (secondary N) is 2. The van der Waals surface area contributed by atoms with Crippen molar-refractivity contribution in [2.45, 2.75) is 12.7 Å². The van der Waals surface area contributed by atoms with Gasteiger partial charge in [0.05, 0.1) is 31.6 Å². The molecule has 7 nitrogen and oxygen atoms in total. The molecule has 1 aliphatic rings. The molecule has 2 heterocycles. The number of nitrogens with zero attached hydrogens (tertiary/aromatic N) is 1. The van der Waals surface area contributed by atoms with Gasteiger partial charge in [-0.05, 0) is 18.2 Å². The third-order valence-electron chi connectivity index (χ3n) is 3.43. The van der Waals surface area contributed by atoms with E-state index < -0.39 is 0 Å². The van der Waals surface area contributed by atoms with E-state index in [1.165, 1.54) is 12.1 Å². The fraction of sp³-hybridized carbons (Fsp3) is 0.375. The van der Waals surface area contributed by atoms with E-state index in [9.17, 15) is 9.18 Å².